The van der Waals surface area contributed by atoms with Crippen molar-refractivity contribution in [1.29, 1.82) is 0 Å². The van der Waals surface area contributed by atoms with E-state index in [4.69, 9.17) is 18.7 Å². The molecule has 1 aromatic heterocycles. The maximum atomic E-state index is 12.5. The number of aryl methyl sites for hydroxylation is 2. The molecule has 0 saturated carbocycles. The number of hydrogen-bond donors (Lipinski definition) is 1. The van der Waals surface area contributed by atoms with E-state index in [0.29, 0.717) is 23.8 Å². The summed E-state index contributed by atoms with van der Waals surface area (Å²) in [5, 5.41) is 6.41. The van der Waals surface area contributed by atoms with Gasteiger partial charge in [-0.25, -0.2) is 9.59 Å². The molecule has 0 aliphatic carbocycles. The highest BCUT2D eigenvalue weighted by atomic mass is 16.5. The summed E-state index contributed by atoms with van der Waals surface area (Å²) in [4.78, 5) is 37.4. The monoisotopic (exact) mass is 417 g/mol. The average molecular weight is 417 g/mol. The molecule has 0 radical (unpaired) electrons. The van der Waals surface area contributed by atoms with Gasteiger partial charge in [0.15, 0.2) is 17.6 Å². The number of benzene rings is 1. The Morgan fingerprint density at radius 2 is 2.07 bits per heavy atom. The maximum Gasteiger partial charge on any atom is 0.339 e. The van der Waals surface area contributed by atoms with E-state index in [9.17, 15) is 14.4 Å². The van der Waals surface area contributed by atoms with E-state index in [1.165, 1.54) is 26.2 Å². The molecule has 2 heterocycles. The van der Waals surface area contributed by atoms with Crippen molar-refractivity contribution in [2.75, 3.05) is 20.2 Å². The van der Waals surface area contributed by atoms with Crippen LogP contribution in [0.25, 0.3) is 0 Å². The van der Waals surface area contributed by atoms with Crippen LogP contribution in [0.15, 0.2) is 22.7 Å². The molecular weight excluding hydrogens is 394 g/mol. The van der Waals surface area contributed by atoms with Gasteiger partial charge >= 0.3 is 12.0 Å². The lowest BCUT2D eigenvalue weighted by Crippen LogP contribution is -2.41. The summed E-state index contributed by atoms with van der Waals surface area (Å²) in [6.07, 6.45) is -1.11. The van der Waals surface area contributed by atoms with Gasteiger partial charge in [0, 0.05) is 13.1 Å². The summed E-state index contributed by atoms with van der Waals surface area (Å²) >= 11 is 0. The molecule has 1 unspecified atom stereocenters. The quantitative estimate of drug-likeness (QED) is 0.679. The number of ether oxygens (including phenoxy) is 3. The molecule has 1 atom stereocenters. The van der Waals surface area contributed by atoms with Crippen molar-refractivity contribution < 1.29 is 33.1 Å². The van der Waals surface area contributed by atoms with Gasteiger partial charge in [0.25, 0.3) is 5.91 Å². The number of rotatable bonds is 7. The first-order valence-corrected chi connectivity index (χ1v) is 9.34. The van der Waals surface area contributed by atoms with Crippen LogP contribution in [0, 0.1) is 13.8 Å². The lowest BCUT2D eigenvalue weighted by Gasteiger charge is -2.18. The molecule has 0 spiro atoms. The normalized spacial score (nSPS) is 14.3. The van der Waals surface area contributed by atoms with E-state index in [1.807, 2.05) is 6.92 Å². The predicted molar refractivity (Wildman–Crippen MR) is 103 cm³/mol. The molecular formula is C20H23N3O7. The highest BCUT2D eigenvalue weighted by Crippen LogP contribution is 2.30. The van der Waals surface area contributed by atoms with Crippen molar-refractivity contribution in [1.82, 2.24) is 15.4 Å². The van der Waals surface area contributed by atoms with Gasteiger partial charge in [0.05, 0.1) is 23.9 Å². The number of esters is 1. The van der Waals surface area contributed by atoms with Gasteiger partial charge in [-0.2, -0.15) is 0 Å². The molecule has 30 heavy (non-hydrogen) atoms. The van der Waals surface area contributed by atoms with Crippen LogP contribution in [-0.4, -0.2) is 54.3 Å². The van der Waals surface area contributed by atoms with Crippen molar-refractivity contribution in [3.63, 3.8) is 0 Å². The van der Waals surface area contributed by atoms with E-state index in [2.05, 4.69) is 10.5 Å². The molecule has 3 rings (SSSR count). The average Bonchev–Trinajstić information content (AvgIpc) is 3.30. The van der Waals surface area contributed by atoms with Crippen LogP contribution in [0.5, 0.6) is 11.5 Å². The number of methoxy groups -OCH3 is 1. The van der Waals surface area contributed by atoms with Crippen LogP contribution in [-0.2, 0) is 16.1 Å². The SMILES string of the molecule is COc1cc(C(=O)OC(C)C(=O)N2CCNC2=O)ccc1OCc1c(C)noc1C. The van der Waals surface area contributed by atoms with Gasteiger partial charge < -0.3 is 24.1 Å². The van der Waals surface area contributed by atoms with Gasteiger partial charge in [-0.15, -0.1) is 0 Å². The fourth-order valence-electron chi connectivity index (χ4n) is 2.95. The van der Waals surface area contributed by atoms with Crippen LogP contribution in [0.3, 0.4) is 0 Å². The Labute approximate surface area is 173 Å². The topological polar surface area (TPSA) is 120 Å². The van der Waals surface area contributed by atoms with E-state index in [0.717, 1.165) is 16.2 Å². The highest BCUT2D eigenvalue weighted by molar-refractivity contribution is 5.99. The molecule has 1 aliphatic rings. The molecule has 1 saturated heterocycles. The van der Waals surface area contributed by atoms with Gasteiger partial charge in [0.1, 0.15) is 12.4 Å². The van der Waals surface area contributed by atoms with Crippen molar-refractivity contribution >= 4 is 17.9 Å². The summed E-state index contributed by atoms with van der Waals surface area (Å²) in [6.45, 7) is 5.88. The lowest BCUT2D eigenvalue weighted by atomic mass is 10.2. The van der Waals surface area contributed by atoms with Crippen molar-refractivity contribution in [3.8, 4) is 11.5 Å². The Balaban J connectivity index is 1.66. The molecule has 3 amide bonds. The number of nitrogens with zero attached hydrogens (tertiary/aromatic N) is 2. The molecule has 10 nitrogen and oxygen atoms in total. The second-order valence-electron chi connectivity index (χ2n) is 6.73. The number of carbonyl (C=O) groups excluding carboxylic acids is 3. The Morgan fingerprint density at radius 1 is 1.30 bits per heavy atom. The number of aromatic nitrogens is 1. The summed E-state index contributed by atoms with van der Waals surface area (Å²) < 4.78 is 21.4. The third-order valence-electron chi connectivity index (χ3n) is 4.71. The van der Waals surface area contributed by atoms with Crippen LogP contribution in [0.4, 0.5) is 4.79 Å². The van der Waals surface area contributed by atoms with Crippen LogP contribution in [0.2, 0.25) is 0 Å². The first kappa shape index (κ1) is 21.2. The van der Waals surface area contributed by atoms with Crippen LogP contribution >= 0.6 is 0 Å². The van der Waals surface area contributed by atoms with E-state index >= 15 is 0 Å². The fourth-order valence-corrected chi connectivity index (χ4v) is 2.95. The fraction of sp³-hybridized carbons (Fsp3) is 0.400. The van der Waals surface area contributed by atoms with E-state index in [1.54, 1.807) is 13.0 Å². The van der Waals surface area contributed by atoms with Crippen LogP contribution < -0.4 is 14.8 Å². The minimum absolute atomic E-state index is 0.182. The van der Waals surface area contributed by atoms with Crippen molar-refractivity contribution in [2.45, 2.75) is 33.5 Å². The van der Waals surface area contributed by atoms with Gasteiger partial charge in [-0.05, 0) is 39.0 Å². The van der Waals surface area contributed by atoms with Crippen molar-refractivity contribution in [3.05, 3.63) is 40.8 Å². The van der Waals surface area contributed by atoms with Gasteiger partial charge in [-0.1, -0.05) is 5.16 Å². The standard InChI is InChI=1S/C20H23N3O7/c1-11-15(12(2)30-22-11)10-28-16-6-5-14(9-17(16)27-4)19(25)29-13(3)18(24)23-8-7-21-20(23)26/h5-6,9,13H,7-8,10H2,1-4H3,(H,21,26). The Hall–Kier alpha value is -3.56. The predicted octanol–water partition coefficient (Wildman–Crippen LogP) is 1.98. The maximum absolute atomic E-state index is 12.5. The van der Waals surface area contributed by atoms with Gasteiger partial charge in [0.2, 0.25) is 0 Å². The molecule has 0 bridgehead atoms. The summed E-state index contributed by atoms with van der Waals surface area (Å²) in [5.41, 5.74) is 1.75. The smallest absolute Gasteiger partial charge is 0.339 e. The summed E-state index contributed by atoms with van der Waals surface area (Å²) in [7, 11) is 1.45. The highest BCUT2D eigenvalue weighted by Gasteiger charge is 2.32. The van der Waals surface area contributed by atoms with E-state index in [-0.39, 0.29) is 18.7 Å². The molecule has 160 valence electrons. The number of urea groups is 1. The first-order valence-electron chi connectivity index (χ1n) is 9.34. The molecule has 1 N–H and O–H groups in total. The minimum atomic E-state index is -1.11. The molecule has 10 heteroatoms. The number of imide groups is 1. The third-order valence-corrected chi connectivity index (χ3v) is 4.71. The third kappa shape index (κ3) is 4.37. The Bertz CT molecular complexity index is 950. The summed E-state index contributed by atoms with van der Waals surface area (Å²) in [5.74, 6) is 0.119. The zero-order chi connectivity index (χ0) is 21.8. The molecule has 2 aromatic rings. The largest absolute Gasteiger partial charge is 0.493 e. The minimum Gasteiger partial charge on any atom is -0.493 e. The molecule has 1 fully saturated rings. The Kier molecular flexibility index (Phi) is 6.24. The number of nitrogens with one attached hydrogen (secondary N) is 1. The van der Waals surface area contributed by atoms with E-state index < -0.39 is 24.0 Å². The molecule has 1 aliphatic heterocycles. The van der Waals surface area contributed by atoms with Crippen LogP contribution in [0.1, 0.15) is 34.3 Å². The summed E-state index contributed by atoms with van der Waals surface area (Å²) in [6, 6.07) is 4.05. The second kappa shape index (κ2) is 8.85. The lowest BCUT2D eigenvalue weighted by molar-refractivity contribution is -0.136. The number of carbonyl (C=O) groups is 3. The zero-order valence-electron chi connectivity index (χ0n) is 17.2. The van der Waals surface area contributed by atoms with Crippen molar-refractivity contribution in [2.24, 2.45) is 0 Å². The zero-order valence-corrected chi connectivity index (χ0v) is 17.2. The van der Waals surface area contributed by atoms with Gasteiger partial charge in [-0.3, -0.25) is 9.69 Å². The number of hydrogen-bond acceptors (Lipinski definition) is 8. The second-order valence-corrected chi connectivity index (χ2v) is 6.73. The number of amides is 3. The Morgan fingerprint density at radius 3 is 2.67 bits per heavy atom. The first-order chi connectivity index (χ1) is 14.3. The molecule has 1 aromatic carbocycles.